The van der Waals surface area contributed by atoms with Crippen molar-refractivity contribution >= 4 is 5.97 Å². The van der Waals surface area contributed by atoms with Crippen LogP contribution in [0, 0.1) is 20.8 Å². The van der Waals surface area contributed by atoms with Crippen LogP contribution in [0.25, 0.3) is 0 Å². The quantitative estimate of drug-likeness (QED) is 0.909. The van der Waals surface area contributed by atoms with Crippen molar-refractivity contribution in [3.8, 4) is 0 Å². The summed E-state index contributed by atoms with van der Waals surface area (Å²) in [6.45, 7) is 5.89. The SMILES string of the molecule is Cc1ccc([C@@H](C(=O)O)N(C)Cc2nnc(C)o2)c(C)c1. The van der Waals surface area contributed by atoms with Gasteiger partial charge in [-0.3, -0.25) is 9.69 Å². The summed E-state index contributed by atoms with van der Waals surface area (Å²) in [5.41, 5.74) is 2.83. The van der Waals surface area contributed by atoms with Crippen LogP contribution in [0.5, 0.6) is 0 Å². The zero-order valence-electron chi connectivity index (χ0n) is 12.6. The fourth-order valence-corrected chi connectivity index (χ4v) is 2.40. The lowest BCUT2D eigenvalue weighted by Crippen LogP contribution is -2.31. The van der Waals surface area contributed by atoms with Crippen LogP contribution in [0.15, 0.2) is 22.6 Å². The molecule has 6 nitrogen and oxygen atoms in total. The van der Waals surface area contributed by atoms with Crippen LogP contribution < -0.4 is 0 Å². The minimum atomic E-state index is -0.902. The van der Waals surface area contributed by atoms with Crippen LogP contribution in [0.4, 0.5) is 0 Å². The summed E-state index contributed by atoms with van der Waals surface area (Å²) in [5, 5.41) is 17.2. The number of likely N-dealkylation sites (N-methyl/N-ethyl adjacent to an activating group) is 1. The normalized spacial score (nSPS) is 12.6. The van der Waals surface area contributed by atoms with Crippen molar-refractivity contribution in [3.63, 3.8) is 0 Å². The highest BCUT2D eigenvalue weighted by atomic mass is 16.4. The van der Waals surface area contributed by atoms with Crippen molar-refractivity contribution in [2.75, 3.05) is 7.05 Å². The Morgan fingerprint density at radius 3 is 2.57 bits per heavy atom. The number of rotatable bonds is 5. The van der Waals surface area contributed by atoms with Crippen LogP contribution in [-0.4, -0.2) is 33.2 Å². The second-order valence-corrected chi connectivity index (χ2v) is 5.23. The third kappa shape index (κ3) is 3.46. The van der Waals surface area contributed by atoms with Gasteiger partial charge in [0.15, 0.2) is 0 Å². The van der Waals surface area contributed by atoms with E-state index in [4.69, 9.17) is 4.42 Å². The lowest BCUT2D eigenvalue weighted by molar-refractivity contribution is -0.143. The molecule has 1 heterocycles. The molecule has 6 heteroatoms. The van der Waals surface area contributed by atoms with E-state index < -0.39 is 12.0 Å². The van der Waals surface area contributed by atoms with E-state index >= 15 is 0 Å². The Bertz CT molecular complexity index is 651. The van der Waals surface area contributed by atoms with E-state index in [0.717, 1.165) is 16.7 Å². The van der Waals surface area contributed by atoms with Crippen LogP contribution in [0.2, 0.25) is 0 Å². The predicted octanol–water partition coefficient (Wildman–Crippen LogP) is 2.25. The molecule has 112 valence electrons. The highest BCUT2D eigenvalue weighted by Crippen LogP contribution is 2.25. The summed E-state index contributed by atoms with van der Waals surface area (Å²) >= 11 is 0. The summed E-state index contributed by atoms with van der Waals surface area (Å²) in [4.78, 5) is 13.4. The van der Waals surface area contributed by atoms with Crippen molar-refractivity contribution in [3.05, 3.63) is 46.7 Å². The number of carboxylic acid groups (broad SMARTS) is 1. The highest BCUT2D eigenvalue weighted by Gasteiger charge is 2.27. The number of benzene rings is 1. The molecule has 0 bridgehead atoms. The molecule has 1 atom stereocenters. The Hall–Kier alpha value is -2.21. The van der Waals surface area contributed by atoms with E-state index in [2.05, 4.69) is 10.2 Å². The second kappa shape index (κ2) is 6.05. The van der Waals surface area contributed by atoms with Crippen molar-refractivity contribution in [2.24, 2.45) is 0 Å². The Balaban J connectivity index is 2.27. The second-order valence-electron chi connectivity index (χ2n) is 5.23. The summed E-state index contributed by atoms with van der Waals surface area (Å²) in [6.07, 6.45) is 0. The van der Waals surface area contributed by atoms with Crippen LogP contribution >= 0.6 is 0 Å². The smallest absolute Gasteiger partial charge is 0.325 e. The fourth-order valence-electron chi connectivity index (χ4n) is 2.40. The van der Waals surface area contributed by atoms with Gasteiger partial charge in [-0.1, -0.05) is 23.8 Å². The van der Waals surface area contributed by atoms with Crippen LogP contribution in [0.1, 0.15) is 34.5 Å². The lowest BCUT2D eigenvalue weighted by Gasteiger charge is -2.25. The number of carboxylic acids is 1. The van der Waals surface area contributed by atoms with E-state index in [0.29, 0.717) is 11.8 Å². The maximum Gasteiger partial charge on any atom is 0.325 e. The third-order valence-corrected chi connectivity index (χ3v) is 3.35. The van der Waals surface area contributed by atoms with Gasteiger partial charge >= 0.3 is 5.97 Å². The Morgan fingerprint density at radius 2 is 2.05 bits per heavy atom. The van der Waals surface area contributed by atoms with Crippen molar-refractivity contribution in [1.82, 2.24) is 15.1 Å². The molecule has 0 aliphatic heterocycles. The fraction of sp³-hybridized carbons (Fsp3) is 0.400. The predicted molar refractivity (Wildman–Crippen MR) is 76.8 cm³/mol. The molecule has 0 aliphatic rings. The zero-order chi connectivity index (χ0) is 15.6. The van der Waals surface area contributed by atoms with Gasteiger partial charge in [-0.15, -0.1) is 10.2 Å². The largest absolute Gasteiger partial charge is 0.480 e. The number of aryl methyl sites for hydroxylation is 3. The maximum absolute atomic E-state index is 11.7. The minimum Gasteiger partial charge on any atom is -0.480 e. The van der Waals surface area contributed by atoms with Crippen LogP contribution in [0.3, 0.4) is 0 Å². The average molecular weight is 289 g/mol. The molecule has 0 fully saturated rings. The molecule has 1 aromatic heterocycles. The first-order valence-corrected chi connectivity index (χ1v) is 6.67. The first-order chi connectivity index (χ1) is 9.88. The monoisotopic (exact) mass is 289 g/mol. The number of aliphatic carboxylic acids is 1. The van der Waals surface area contributed by atoms with Crippen molar-refractivity contribution < 1.29 is 14.3 Å². The molecule has 2 aromatic rings. The molecule has 0 saturated heterocycles. The number of nitrogens with zero attached hydrogens (tertiary/aromatic N) is 3. The molecule has 0 amide bonds. The van der Waals surface area contributed by atoms with E-state index in [1.165, 1.54) is 0 Å². The number of hydrogen-bond acceptors (Lipinski definition) is 5. The standard InChI is InChI=1S/C15H19N3O3/c1-9-5-6-12(10(2)7-9)14(15(19)20)18(4)8-13-17-16-11(3)21-13/h5-7,14H,8H2,1-4H3,(H,19,20)/t14-/m0/s1. The van der Waals surface area contributed by atoms with Gasteiger partial charge in [0.1, 0.15) is 6.04 Å². The number of aromatic nitrogens is 2. The van der Waals surface area contributed by atoms with Crippen molar-refractivity contribution in [1.29, 1.82) is 0 Å². The van der Waals surface area contributed by atoms with E-state index in [1.807, 2.05) is 32.0 Å². The molecule has 0 spiro atoms. The number of hydrogen-bond donors (Lipinski definition) is 1. The molecule has 1 aromatic carbocycles. The molecule has 0 unspecified atom stereocenters. The first-order valence-electron chi connectivity index (χ1n) is 6.67. The summed E-state index contributed by atoms with van der Waals surface area (Å²) in [6, 6.07) is 5.01. The zero-order valence-corrected chi connectivity index (χ0v) is 12.6. The van der Waals surface area contributed by atoms with Gasteiger partial charge in [-0.25, -0.2) is 0 Å². The van der Waals surface area contributed by atoms with Gasteiger partial charge in [0, 0.05) is 6.92 Å². The third-order valence-electron chi connectivity index (χ3n) is 3.35. The van der Waals surface area contributed by atoms with Gasteiger partial charge < -0.3 is 9.52 Å². The van der Waals surface area contributed by atoms with Gasteiger partial charge in [0.25, 0.3) is 0 Å². The van der Waals surface area contributed by atoms with E-state index in [-0.39, 0.29) is 6.54 Å². The molecule has 1 N–H and O–H groups in total. The van der Waals surface area contributed by atoms with Gasteiger partial charge in [0.05, 0.1) is 6.54 Å². The number of carbonyl (C=O) groups is 1. The van der Waals surface area contributed by atoms with Gasteiger partial charge in [0.2, 0.25) is 11.8 Å². The summed E-state index contributed by atoms with van der Waals surface area (Å²) in [7, 11) is 1.73. The van der Waals surface area contributed by atoms with Crippen molar-refractivity contribution in [2.45, 2.75) is 33.4 Å². The molecule has 0 saturated carbocycles. The molecule has 0 aliphatic carbocycles. The Labute approximate surface area is 123 Å². The molecular formula is C15H19N3O3. The van der Waals surface area contributed by atoms with Crippen LogP contribution in [-0.2, 0) is 11.3 Å². The van der Waals surface area contributed by atoms with Gasteiger partial charge in [-0.2, -0.15) is 0 Å². The minimum absolute atomic E-state index is 0.283. The highest BCUT2D eigenvalue weighted by molar-refractivity contribution is 5.76. The Kier molecular flexibility index (Phi) is 4.37. The molecule has 0 radical (unpaired) electrons. The maximum atomic E-state index is 11.7. The first kappa shape index (κ1) is 15.2. The Morgan fingerprint density at radius 1 is 1.33 bits per heavy atom. The summed E-state index contributed by atoms with van der Waals surface area (Å²) in [5.74, 6) is -0.0245. The average Bonchev–Trinajstić information content (AvgIpc) is 2.77. The molecule has 21 heavy (non-hydrogen) atoms. The van der Waals surface area contributed by atoms with E-state index in [9.17, 15) is 9.90 Å². The molecular weight excluding hydrogens is 270 g/mol. The van der Waals surface area contributed by atoms with E-state index in [1.54, 1.807) is 18.9 Å². The molecule has 2 rings (SSSR count). The summed E-state index contributed by atoms with van der Waals surface area (Å²) < 4.78 is 5.31. The van der Waals surface area contributed by atoms with Gasteiger partial charge in [-0.05, 0) is 32.0 Å². The lowest BCUT2D eigenvalue weighted by atomic mass is 9.98. The topological polar surface area (TPSA) is 79.5 Å².